The van der Waals surface area contributed by atoms with Gasteiger partial charge in [-0.25, -0.2) is 8.42 Å². The summed E-state index contributed by atoms with van der Waals surface area (Å²) in [6.45, 7) is 8.39. The summed E-state index contributed by atoms with van der Waals surface area (Å²) in [4.78, 5) is -0.686. The predicted molar refractivity (Wildman–Crippen MR) is 80.1 cm³/mol. The Balaban J connectivity index is 3.61. The number of rotatable bonds is 4. The zero-order valence-corrected chi connectivity index (χ0v) is 14.3. The Kier molecular flexibility index (Phi) is 5.34. The molecule has 1 aromatic carbocycles. The molecule has 3 nitrogen and oxygen atoms in total. The monoisotopic (exact) mass is 337 g/mol. The van der Waals surface area contributed by atoms with Gasteiger partial charge in [0.15, 0.2) is 0 Å². The molecule has 0 N–H and O–H groups in total. The van der Waals surface area contributed by atoms with E-state index >= 15 is 0 Å². The van der Waals surface area contributed by atoms with E-state index in [0.717, 1.165) is 16.4 Å². The van der Waals surface area contributed by atoms with Crippen LogP contribution in [0.5, 0.6) is 0 Å². The number of sulfonamides is 1. The molecule has 0 saturated carbocycles. The zero-order valence-electron chi connectivity index (χ0n) is 13.5. The molecule has 0 heterocycles. The summed E-state index contributed by atoms with van der Waals surface area (Å²) in [6.07, 6.45) is -4.31. The topological polar surface area (TPSA) is 37.4 Å². The molecule has 0 aliphatic heterocycles. The first-order valence-corrected chi connectivity index (χ1v) is 8.52. The number of benzene rings is 1. The lowest BCUT2D eigenvalue weighted by Crippen LogP contribution is -2.45. The Morgan fingerprint density at radius 3 is 2.00 bits per heavy atom. The van der Waals surface area contributed by atoms with Crippen molar-refractivity contribution in [3.63, 3.8) is 0 Å². The molecule has 0 unspecified atom stereocenters. The van der Waals surface area contributed by atoms with Gasteiger partial charge in [-0.2, -0.15) is 17.5 Å². The van der Waals surface area contributed by atoms with E-state index in [1.165, 1.54) is 6.07 Å². The molecule has 0 aliphatic carbocycles. The quantitative estimate of drug-likeness (QED) is 0.830. The van der Waals surface area contributed by atoms with Crippen molar-refractivity contribution in [2.24, 2.45) is 0 Å². The van der Waals surface area contributed by atoms with Crippen LogP contribution in [0.1, 0.15) is 45.7 Å². The van der Waals surface area contributed by atoms with Gasteiger partial charge in [0, 0.05) is 12.1 Å². The Hall–Kier alpha value is -1.08. The molecule has 0 aromatic heterocycles. The van der Waals surface area contributed by atoms with E-state index in [1.54, 1.807) is 34.6 Å². The normalized spacial score (nSPS) is 13.7. The second kappa shape index (κ2) is 6.20. The van der Waals surface area contributed by atoms with Crippen molar-refractivity contribution in [1.29, 1.82) is 0 Å². The van der Waals surface area contributed by atoms with Gasteiger partial charge in [-0.15, -0.1) is 0 Å². The minimum atomic E-state index is -4.72. The van der Waals surface area contributed by atoms with Crippen LogP contribution in [0.3, 0.4) is 0 Å². The average molecular weight is 337 g/mol. The fraction of sp³-hybridized carbons (Fsp3) is 0.600. The van der Waals surface area contributed by atoms with Gasteiger partial charge >= 0.3 is 6.18 Å². The largest absolute Gasteiger partial charge is 0.417 e. The Labute approximate surface area is 130 Å². The van der Waals surface area contributed by atoms with Gasteiger partial charge in [0.05, 0.1) is 10.5 Å². The van der Waals surface area contributed by atoms with Crippen molar-refractivity contribution in [3.8, 4) is 0 Å². The second-order valence-corrected chi connectivity index (χ2v) is 7.85. The predicted octanol–water partition coefficient (Wildman–Crippen LogP) is 4.08. The highest BCUT2D eigenvalue weighted by Gasteiger charge is 2.41. The van der Waals surface area contributed by atoms with E-state index in [0.29, 0.717) is 12.0 Å². The molecule has 7 heteroatoms. The van der Waals surface area contributed by atoms with Crippen molar-refractivity contribution < 1.29 is 21.6 Å². The molecule has 126 valence electrons. The fourth-order valence-electron chi connectivity index (χ4n) is 2.37. The molecule has 1 rings (SSSR count). The fourth-order valence-corrected chi connectivity index (χ4v) is 4.36. The van der Waals surface area contributed by atoms with Gasteiger partial charge < -0.3 is 0 Å². The summed E-state index contributed by atoms with van der Waals surface area (Å²) in [5, 5.41) is 0. The lowest BCUT2D eigenvalue weighted by Gasteiger charge is -2.34. The highest BCUT2D eigenvalue weighted by atomic mass is 32.2. The van der Waals surface area contributed by atoms with E-state index in [4.69, 9.17) is 0 Å². The van der Waals surface area contributed by atoms with E-state index in [1.807, 2.05) is 0 Å². The first-order chi connectivity index (χ1) is 9.85. The van der Waals surface area contributed by atoms with Crippen LogP contribution in [-0.4, -0.2) is 24.8 Å². The molecule has 22 heavy (non-hydrogen) atoms. The minimum Gasteiger partial charge on any atom is -0.207 e. The van der Waals surface area contributed by atoms with Crippen LogP contribution < -0.4 is 0 Å². The second-order valence-electron chi connectivity index (χ2n) is 6.02. The van der Waals surface area contributed by atoms with Gasteiger partial charge in [0.1, 0.15) is 0 Å². The number of nitrogens with zero attached hydrogens (tertiary/aromatic N) is 1. The van der Waals surface area contributed by atoms with Crippen LogP contribution in [-0.2, 0) is 22.6 Å². The summed E-state index contributed by atoms with van der Waals surface area (Å²) in [5.74, 6) is 0. The summed E-state index contributed by atoms with van der Waals surface area (Å²) in [5.41, 5.74) is -1.46. The molecule has 0 amide bonds. The Bertz CT molecular complexity index is 631. The molecule has 0 aliphatic rings. The lowest BCUT2D eigenvalue weighted by molar-refractivity contribution is -0.140. The van der Waals surface area contributed by atoms with Crippen LogP contribution in [0, 0.1) is 0 Å². The highest BCUT2D eigenvalue weighted by molar-refractivity contribution is 7.89. The van der Waals surface area contributed by atoms with Crippen molar-refractivity contribution in [3.05, 3.63) is 29.3 Å². The summed E-state index contributed by atoms with van der Waals surface area (Å²) in [7, 11) is -4.23. The van der Waals surface area contributed by atoms with Gasteiger partial charge in [-0.1, -0.05) is 19.9 Å². The van der Waals surface area contributed by atoms with E-state index in [2.05, 4.69) is 0 Å². The molecule has 0 bridgehead atoms. The smallest absolute Gasteiger partial charge is 0.207 e. The van der Waals surface area contributed by atoms with E-state index < -0.39 is 32.2 Å². The third kappa shape index (κ3) is 3.81. The molecule has 1 aromatic rings. The summed E-state index contributed by atoms with van der Waals surface area (Å²) < 4.78 is 66.3. The highest BCUT2D eigenvalue weighted by Crippen LogP contribution is 2.37. The first kappa shape index (κ1) is 19.0. The van der Waals surface area contributed by atoms with Crippen LogP contribution in [0.15, 0.2) is 23.1 Å². The third-order valence-corrected chi connectivity index (χ3v) is 5.66. The molecule has 0 fully saturated rings. The van der Waals surface area contributed by atoms with Gasteiger partial charge in [-0.05, 0) is 44.9 Å². The number of hydrogen-bond acceptors (Lipinski definition) is 2. The maximum atomic E-state index is 13.3. The first-order valence-electron chi connectivity index (χ1n) is 7.08. The maximum Gasteiger partial charge on any atom is 0.417 e. The minimum absolute atomic E-state index is 0.0959. The molecule has 0 atom stereocenters. The van der Waals surface area contributed by atoms with Gasteiger partial charge in [0.2, 0.25) is 10.0 Å². The number of halogens is 3. The van der Waals surface area contributed by atoms with Crippen LogP contribution in [0.25, 0.3) is 0 Å². The lowest BCUT2D eigenvalue weighted by atomic mass is 10.1. The SMILES string of the molecule is CCc1ccc(S(=O)(=O)N(CC)C(C)(C)C)c(C(F)(F)F)c1. The van der Waals surface area contributed by atoms with Crippen molar-refractivity contribution in [2.75, 3.05) is 6.54 Å². The molecule has 0 spiro atoms. The van der Waals surface area contributed by atoms with E-state index in [9.17, 15) is 21.6 Å². The summed E-state index contributed by atoms with van der Waals surface area (Å²) >= 11 is 0. The van der Waals surface area contributed by atoms with Crippen LogP contribution in [0.2, 0.25) is 0 Å². The molecular formula is C15H22F3NO2S. The Morgan fingerprint density at radius 2 is 1.64 bits per heavy atom. The van der Waals surface area contributed by atoms with Crippen LogP contribution >= 0.6 is 0 Å². The number of hydrogen-bond donors (Lipinski definition) is 0. The van der Waals surface area contributed by atoms with Crippen molar-refractivity contribution in [1.82, 2.24) is 4.31 Å². The molecule has 0 radical (unpaired) electrons. The van der Waals surface area contributed by atoms with Gasteiger partial charge in [0.25, 0.3) is 0 Å². The van der Waals surface area contributed by atoms with Crippen molar-refractivity contribution >= 4 is 10.0 Å². The Morgan fingerprint density at radius 1 is 1.09 bits per heavy atom. The average Bonchev–Trinajstić information content (AvgIpc) is 2.35. The number of aryl methyl sites for hydroxylation is 1. The third-order valence-electron chi connectivity index (χ3n) is 3.36. The molecule has 0 saturated heterocycles. The zero-order chi connectivity index (χ0) is 17.3. The summed E-state index contributed by atoms with van der Waals surface area (Å²) in [6, 6.07) is 3.41. The number of alkyl halides is 3. The van der Waals surface area contributed by atoms with Crippen LogP contribution in [0.4, 0.5) is 13.2 Å². The standard InChI is InChI=1S/C15H22F3NO2S/c1-6-11-8-9-13(12(10-11)15(16,17)18)22(20,21)19(7-2)14(3,4)5/h8-10H,6-7H2,1-5H3. The molecular weight excluding hydrogens is 315 g/mol. The van der Waals surface area contributed by atoms with E-state index in [-0.39, 0.29) is 6.54 Å². The maximum absolute atomic E-state index is 13.3. The van der Waals surface area contributed by atoms with Gasteiger partial charge in [-0.3, -0.25) is 0 Å². The van der Waals surface area contributed by atoms with Crippen molar-refractivity contribution in [2.45, 2.75) is 57.7 Å².